The van der Waals surface area contributed by atoms with Crippen molar-refractivity contribution in [1.82, 2.24) is 20.3 Å². The zero-order valence-electron chi connectivity index (χ0n) is 12.7. The van der Waals surface area contributed by atoms with Crippen LogP contribution in [0.15, 0.2) is 18.2 Å². The monoisotopic (exact) mass is 306 g/mol. The Balaban J connectivity index is 2.54. The molecule has 1 heterocycles. The van der Waals surface area contributed by atoms with E-state index in [2.05, 4.69) is 15.6 Å². The molecule has 2 rings (SSSR count). The number of methoxy groups -OCH3 is 2. The molecule has 0 atom stereocenters. The molecular formula is C14H18N4O4. The number of hydrogen-bond donors (Lipinski definition) is 2. The maximum absolute atomic E-state index is 11.6. The second kappa shape index (κ2) is 6.90. The number of aliphatic hydroxyl groups is 1. The van der Waals surface area contributed by atoms with Crippen LogP contribution in [0.25, 0.3) is 11.3 Å². The first-order valence-corrected chi connectivity index (χ1v) is 6.60. The molecule has 0 unspecified atom stereocenters. The van der Waals surface area contributed by atoms with Crippen LogP contribution >= 0.6 is 0 Å². The summed E-state index contributed by atoms with van der Waals surface area (Å²) in [7, 11) is 4.64. The van der Waals surface area contributed by atoms with Crippen LogP contribution in [0.4, 0.5) is 0 Å². The fourth-order valence-corrected chi connectivity index (χ4v) is 2.04. The van der Waals surface area contributed by atoms with Gasteiger partial charge in [0.2, 0.25) is 5.91 Å². The number of benzene rings is 1. The van der Waals surface area contributed by atoms with Gasteiger partial charge in [0, 0.05) is 18.7 Å². The number of aliphatic hydroxyl groups excluding tert-OH is 1. The summed E-state index contributed by atoms with van der Waals surface area (Å²) >= 11 is 0. The predicted octanol–water partition coefficient (Wildman–Crippen LogP) is 0.201. The van der Waals surface area contributed by atoms with Crippen molar-refractivity contribution in [2.24, 2.45) is 0 Å². The number of hydrogen-bond acceptors (Lipinski definition) is 6. The topological polar surface area (TPSA) is 98.5 Å². The summed E-state index contributed by atoms with van der Waals surface area (Å²) in [6.45, 7) is -0.291. The van der Waals surface area contributed by atoms with E-state index in [9.17, 15) is 9.90 Å². The van der Waals surface area contributed by atoms with Gasteiger partial charge in [-0.3, -0.25) is 4.79 Å². The second-order valence-corrected chi connectivity index (χ2v) is 4.48. The van der Waals surface area contributed by atoms with Crippen LogP contribution in [0.2, 0.25) is 0 Å². The lowest BCUT2D eigenvalue weighted by molar-refractivity contribution is -0.121. The van der Waals surface area contributed by atoms with Crippen LogP contribution in [0.1, 0.15) is 5.69 Å². The molecule has 8 heteroatoms. The van der Waals surface area contributed by atoms with E-state index >= 15 is 0 Å². The molecule has 0 fully saturated rings. The molecule has 0 aliphatic rings. The van der Waals surface area contributed by atoms with E-state index in [4.69, 9.17) is 9.47 Å². The average molecular weight is 306 g/mol. The van der Waals surface area contributed by atoms with Crippen LogP contribution in [0.5, 0.6) is 11.5 Å². The fraction of sp³-hybridized carbons (Fsp3) is 0.357. The van der Waals surface area contributed by atoms with E-state index in [1.54, 1.807) is 39.5 Å². The number of ether oxygens (including phenoxy) is 2. The van der Waals surface area contributed by atoms with Crippen LogP contribution in [0, 0.1) is 0 Å². The molecule has 1 aromatic heterocycles. The Bertz CT molecular complexity index is 647. The van der Waals surface area contributed by atoms with Gasteiger partial charge >= 0.3 is 0 Å². The molecule has 22 heavy (non-hydrogen) atoms. The lowest BCUT2D eigenvalue weighted by atomic mass is 10.1. The van der Waals surface area contributed by atoms with Crippen LogP contribution in [0.3, 0.4) is 0 Å². The lowest BCUT2D eigenvalue weighted by Gasteiger charge is -2.11. The van der Waals surface area contributed by atoms with Crippen molar-refractivity contribution < 1.29 is 19.4 Å². The van der Waals surface area contributed by atoms with Crippen LogP contribution in [-0.4, -0.2) is 47.3 Å². The molecule has 0 spiro atoms. The highest BCUT2D eigenvalue weighted by atomic mass is 16.5. The Morgan fingerprint density at radius 3 is 2.41 bits per heavy atom. The largest absolute Gasteiger partial charge is 0.497 e. The van der Waals surface area contributed by atoms with E-state index in [-0.39, 0.29) is 19.1 Å². The highest BCUT2D eigenvalue weighted by molar-refractivity contribution is 5.76. The number of aromatic nitrogens is 3. The molecule has 2 aromatic rings. The maximum Gasteiger partial charge on any atom is 0.241 e. The number of nitrogens with one attached hydrogen (secondary N) is 1. The molecule has 1 aromatic carbocycles. The Morgan fingerprint density at radius 1 is 1.27 bits per heavy atom. The number of amides is 1. The Hall–Kier alpha value is -2.61. The minimum Gasteiger partial charge on any atom is -0.497 e. The highest BCUT2D eigenvalue weighted by Gasteiger charge is 2.17. The van der Waals surface area contributed by atoms with Gasteiger partial charge in [-0.15, -0.1) is 5.10 Å². The molecule has 0 bridgehead atoms. The van der Waals surface area contributed by atoms with E-state index in [1.165, 1.54) is 4.68 Å². The van der Waals surface area contributed by atoms with Crippen molar-refractivity contribution in [3.63, 3.8) is 0 Å². The van der Waals surface area contributed by atoms with E-state index in [1.807, 2.05) is 0 Å². The number of nitrogens with zero attached hydrogens (tertiary/aromatic N) is 3. The van der Waals surface area contributed by atoms with E-state index in [0.29, 0.717) is 28.5 Å². The Labute approximate surface area is 127 Å². The molecule has 0 aliphatic carbocycles. The van der Waals surface area contributed by atoms with Gasteiger partial charge in [-0.2, -0.15) is 0 Å². The van der Waals surface area contributed by atoms with Gasteiger partial charge in [-0.05, 0) is 12.1 Å². The fourth-order valence-electron chi connectivity index (χ4n) is 2.04. The van der Waals surface area contributed by atoms with Gasteiger partial charge in [-0.1, -0.05) is 5.21 Å². The number of carbonyl (C=O) groups excluding carboxylic acids is 1. The van der Waals surface area contributed by atoms with Crippen molar-refractivity contribution in [1.29, 1.82) is 0 Å². The molecular weight excluding hydrogens is 288 g/mol. The zero-order valence-corrected chi connectivity index (χ0v) is 12.7. The molecule has 0 saturated heterocycles. The summed E-state index contributed by atoms with van der Waals surface area (Å²) in [5, 5.41) is 19.8. The summed E-state index contributed by atoms with van der Waals surface area (Å²) in [6, 6.07) is 5.26. The average Bonchev–Trinajstić information content (AvgIpc) is 2.96. The molecule has 0 saturated carbocycles. The summed E-state index contributed by atoms with van der Waals surface area (Å²) in [6.07, 6.45) is 0. The van der Waals surface area contributed by atoms with Crippen molar-refractivity contribution in [2.75, 3.05) is 21.3 Å². The zero-order chi connectivity index (χ0) is 16.1. The summed E-state index contributed by atoms with van der Waals surface area (Å²) in [5.41, 5.74) is 1.61. The van der Waals surface area contributed by atoms with E-state index < -0.39 is 0 Å². The van der Waals surface area contributed by atoms with Crippen LogP contribution in [-0.2, 0) is 17.9 Å². The third-order valence-corrected chi connectivity index (χ3v) is 3.15. The van der Waals surface area contributed by atoms with Gasteiger partial charge in [0.15, 0.2) is 0 Å². The predicted molar refractivity (Wildman–Crippen MR) is 78.6 cm³/mol. The molecule has 0 radical (unpaired) electrons. The summed E-state index contributed by atoms with van der Waals surface area (Å²) in [4.78, 5) is 11.6. The lowest BCUT2D eigenvalue weighted by Crippen LogP contribution is -2.24. The summed E-state index contributed by atoms with van der Waals surface area (Å²) in [5.74, 6) is 0.961. The smallest absolute Gasteiger partial charge is 0.241 e. The third kappa shape index (κ3) is 3.17. The molecule has 2 N–H and O–H groups in total. The van der Waals surface area contributed by atoms with Crippen molar-refractivity contribution in [3.8, 4) is 22.8 Å². The van der Waals surface area contributed by atoms with Crippen molar-refractivity contribution >= 4 is 5.91 Å². The number of carbonyl (C=O) groups is 1. The minimum absolute atomic E-state index is 0.00163. The van der Waals surface area contributed by atoms with Crippen molar-refractivity contribution in [2.45, 2.75) is 13.2 Å². The standard InChI is InChI=1S/C14H18N4O4/c1-15-13(20)7-18-14(12(8-19)16-17-18)9-4-10(21-2)6-11(5-9)22-3/h4-6,19H,7-8H2,1-3H3,(H,15,20). The molecule has 8 nitrogen and oxygen atoms in total. The third-order valence-electron chi connectivity index (χ3n) is 3.15. The first kappa shape index (κ1) is 15.8. The quantitative estimate of drug-likeness (QED) is 0.791. The van der Waals surface area contributed by atoms with Gasteiger partial charge in [-0.25, -0.2) is 4.68 Å². The maximum atomic E-state index is 11.6. The first-order valence-electron chi connectivity index (χ1n) is 6.60. The van der Waals surface area contributed by atoms with Crippen molar-refractivity contribution in [3.05, 3.63) is 23.9 Å². The van der Waals surface area contributed by atoms with E-state index in [0.717, 1.165) is 0 Å². The second-order valence-electron chi connectivity index (χ2n) is 4.48. The number of rotatable bonds is 6. The Kier molecular flexibility index (Phi) is 4.95. The van der Waals surface area contributed by atoms with Gasteiger partial charge in [0.05, 0.1) is 26.5 Å². The van der Waals surface area contributed by atoms with Crippen LogP contribution < -0.4 is 14.8 Å². The highest BCUT2D eigenvalue weighted by Crippen LogP contribution is 2.31. The molecule has 0 aliphatic heterocycles. The SMILES string of the molecule is CNC(=O)Cn1nnc(CO)c1-c1cc(OC)cc(OC)c1. The molecule has 118 valence electrons. The molecule has 1 amide bonds. The Morgan fingerprint density at radius 2 is 1.91 bits per heavy atom. The normalized spacial score (nSPS) is 10.4. The first-order chi connectivity index (χ1) is 10.6. The van der Waals surface area contributed by atoms with Gasteiger partial charge in [0.1, 0.15) is 23.7 Å². The van der Waals surface area contributed by atoms with Gasteiger partial charge in [0.25, 0.3) is 0 Å². The minimum atomic E-state index is -0.289. The summed E-state index contributed by atoms with van der Waals surface area (Å²) < 4.78 is 11.9. The number of likely N-dealkylation sites (N-methyl/N-ethyl adjacent to an activating group) is 1. The van der Waals surface area contributed by atoms with Gasteiger partial charge < -0.3 is 19.9 Å².